The predicted octanol–water partition coefficient (Wildman–Crippen LogP) is 1.37. The summed E-state index contributed by atoms with van der Waals surface area (Å²) < 4.78 is 5.43. The van der Waals surface area contributed by atoms with Crippen molar-refractivity contribution in [1.29, 1.82) is 0 Å². The van der Waals surface area contributed by atoms with Crippen LogP contribution in [0.5, 0.6) is 0 Å². The summed E-state index contributed by atoms with van der Waals surface area (Å²) >= 11 is 0. The summed E-state index contributed by atoms with van der Waals surface area (Å²) in [6, 6.07) is 10.8. The average molecular weight is 274 g/mol. The van der Waals surface area contributed by atoms with E-state index in [-0.39, 0.29) is 17.7 Å². The zero-order valence-electron chi connectivity index (χ0n) is 11.7. The first-order chi connectivity index (χ1) is 9.75. The topological polar surface area (TPSA) is 55.6 Å². The summed E-state index contributed by atoms with van der Waals surface area (Å²) in [6.07, 6.45) is 2.12. The molecule has 3 rings (SSSR count). The fourth-order valence-corrected chi connectivity index (χ4v) is 3.51. The van der Waals surface area contributed by atoms with E-state index in [1.807, 2.05) is 18.2 Å². The van der Waals surface area contributed by atoms with Crippen molar-refractivity contribution in [3.05, 3.63) is 35.9 Å². The Morgan fingerprint density at radius 2 is 1.85 bits per heavy atom. The lowest BCUT2D eigenvalue weighted by atomic mass is 9.88. The molecule has 1 aromatic carbocycles. The Balaban J connectivity index is 1.77. The number of likely N-dealkylation sites (tertiary alicyclic amines) is 1. The minimum Gasteiger partial charge on any atom is -0.381 e. The van der Waals surface area contributed by atoms with Gasteiger partial charge in [0.25, 0.3) is 0 Å². The summed E-state index contributed by atoms with van der Waals surface area (Å²) in [5.74, 6) is -0.00907. The molecule has 4 nitrogen and oxygen atoms in total. The van der Waals surface area contributed by atoms with Crippen LogP contribution < -0.4 is 5.73 Å². The van der Waals surface area contributed by atoms with Gasteiger partial charge in [0.15, 0.2) is 0 Å². The molecule has 1 aromatic rings. The third-order valence-electron chi connectivity index (χ3n) is 4.65. The summed E-state index contributed by atoms with van der Waals surface area (Å²) in [5, 5.41) is 0. The molecule has 0 aliphatic carbocycles. The van der Waals surface area contributed by atoms with Crippen molar-refractivity contribution in [2.45, 2.75) is 24.8 Å². The van der Waals surface area contributed by atoms with E-state index in [2.05, 4.69) is 17.0 Å². The second-order valence-electron chi connectivity index (χ2n) is 5.82. The first-order valence-corrected chi connectivity index (χ1v) is 7.42. The maximum atomic E-state index is 11.8. The summed E-state index contributed by atoms with van der Waals surface area (Å²) in [4.78, 5) is 14.2. The molecular formula is C16H22N2O2. The average Bonchev–Trinajstić information content (AvgIpc) is 2.94. The number of hydrogen-bond donors (Lipinski definition) is 1. The molecule has 0 bridgehead atoms. The largest absolute Gasteiger partial charge is 0.381 e. The molecule has 108 valence electrons. The molecule has 2 fully saturated rings. The molecule has 4 heteroatoms. The van der Waals surface area contributed by atoms with Crippen molar-refractivity contribution in [2.75, 3.05) is 26.3 Å². The number of rotatable bonds is 3. The van der Waals surface area contributed by atoms with E-state index < -0.39 is 0 Å². The monoisotopic (exact) mass is 274 g/mol. The number of ether oxygens (including phenoxy) is 1. The number of amides is 1. The minimum absolute atomic E-state index is 0.0692. The van der Waals surface area contributed by atoms with Gasteiger partial charge in [-0.1, -0.05) is 30.3 Å². The van der Waals surface area contributed by atoms with Crippen LogP contribution in [0.1, 0.15) is 24.3 Å². The molecule has 0 aromatic heterocycles. The van der Waals surface area contributed by atoms with E-state index >= 15 is 0 Å². The lowest BCUT2D eigenvalue weighted by molar-refractivity contribution is -0.121. The third kappa shape index (κ3) is 2.72. The van der Waals surface area contributed by atoms with Crippen LogP contribution in [-0.2, 0) is 9.53 Å². The molecule has 2 aliphatic rings. The van der Waals surface area contributed by atoms with Crippen molar-refractivity contribution in [2.24, 2.45) is 11.7 Å². The Bertz CT molecular complexity index is 457. The Labute approximate surface area is 119 Å². The van der Waals surface area contributed by atoms with Crippen LogP contribution in [0, 0.1) is 5.92 Å². The number of primary amides is 1. The predicted molar refractivity (Wildman–Crippen MR) is 77.3 cm³/mol. The number of nitrogens with two attached hydrogens (primary N) is 1. The van der Waals surface area contributed by atoms with Gasteiger partial charge in [-0.05, 0) is 18.4 Å². The van der Waals surface area contributed by atoms with Crippen molar-refractivity contribution in [3.8, 4) is 0 Å². The normalized spacial score (nSPS) is 28.6. The van der Waals surface area contributed by atoms with Gasteiger partial charge < -0.3 is 10.5 Å². The zero-order chi connectivity index (χ0) is 13.9. The van der Waals surface area contributed by atoms with Crippen LogP contribution >= 0.6 is 0 Å². The van der Waals surface area contributed by atoms with Crippen molar-refractivity contribution < 1.29 is 9.53 Å². The maximum absolute atomic E-state index is 11.8. The van der Waals surface area contributed by atoms with Crippen molar-refractivity contribution >= 4 is 5.91 Å². The van der Waals surface area contributed by atoms with Crippen molar-refractivity contribution in [1.82, 2.24) is 4.90 Å². The number of nitrogens with zero attached hydrogens (tertiary/aromatic N) is 1. The van der Waals surface area contributed by atoms with Gasteiger partial charge in [-0.15, -0.1) is 0 Å². The lowest BCUT2D eigenvalue weighted by Gasteiger charge is -2.31. The highest BCUT2D eigenvalue weighted by molar-refractivity contribution is 5.78. The zero-order valence-corrected chi connectivity index (χ0v) is 11.7. The molecule has 1 amide bonds. The Morgan fingerprint density at radius 1 is 1.15 bits per heavy atom. The molecule has 2 heterocycles. The molecule has 0 saturated carbocycles. The Kier molecular flexibility index (Phi) is 4.03. The second kappa shape index (κ2) is 5.94. The second-order valence-corrected chi connectivity index (χ2v) is 5.82. The molecule has 0 spiro atoms. The van der Waals surface area contributed by atoms with E-state index in [0.29, 0.717) is 6.04 Å². The van der Waals surface area contributed by atoms with E-state index in [0.717, 1.165) is 39.1 Å². The number of carbonyl (C=O) groups is 1. The molecule has 2 saturated heterocycles. The van der Waals surface area contributed by atoms with Gasteiger partial charge in [0.2, 0.25) is 5.91 Å². The molecule has 0 radical (unpaired) electrons. The number of benzene rings is 1. The van der Waals surface area contributed by atoms with Gasteiger partial charge in [-0.2, -0.15) is 0 Å². The summed E-state index contributed by atoms with van der Waals surface area (Å²) in [7, 11) is 0. The van der Waals surface area contributed by atoms with Crippen LogP contribution in [0.4, 0.5) is 0 Å². The highest BCUT2D eigenvalue weighted by atomic mass is 16.5. The SMILES string of the molecule is NC(=O)[C@@H]1CN(C2CCOCC2)C[C@H]1c1ccccc1. The number of carbonyl (C=O) groups excluding carboxylic acids is 1. The van der Waals surface area contributed by atoms with Crippen molar-refractivity contribution in [3.63, 3.8) is 0 Å². The van der Waals surface area contributed by atoms with Gasteiger partial charge in [0.05, 0.1) is 5.92 Å². The fourth-order valence-electron chi connectivity index (χ4n) is 3.51. The van der Waals surface area contributed by atoms with E-state index in [4.69, 9.17) is 10.5 Å². The molecule has 2 atom stereocenters. The first kappa shape index (κ1) is 13.6. The molecule has 0 unspecified atom stereocenters. The summed E-state index contributed by atoms with van der Waals surface area (Å²) in [5.41, 5.74) is 6.85. The molecule has 2 N–H and O–H groups in total. The first-order valence-electron chi connectivity index (χ1n) is 7.42. The number of hydrogen-bond acceptors (Lipinski definition) is 3. The Morgan fingerprint density at radius 3 is 2.50 bits per heavy atom. The van der Waals surface area contributed by atoms with Gasteiger partial charge in [-0.3, -0.25) is 9.69 Å². The minimum atomic E-state index is -0.173. The Hall–Kier alpha value is -1.39. The smallest absolute Gasteiger partial charge is 0.222 e. The van der Waals surface area contributed by atoms with E-state index in [1.54, 1.807) is 0 Å². The highest BCUT2D eigenvalue weighted by Gasteiger charge is 2.40. The van der Waals surface area contributed by atoms with Crippen LogP contribution in [0.2, 0.25) is 0 Å². The molecule has 20 heavy (non-hydrogen) atoms. The van der Waals surface area contributed by atoms with Gasteiger partial charge in [0, 0.05) is 38.3 Å². The quantitative estimate of drug-likeness (QED) is 0.905. The van der Waals surface area contributed by atoms with Gasteiger partial charge in [-0.25, -0.2) is 0 Å². The van der Waals surface area contributed by atoms with Gasteiger partial charge in [0.1, 0.15) is 0 Å². The van der Waals surface area contributed by atoms with Gasteiger partial charge >= 0.3 is 0 Å². The van der Waals surface area contributed by atoms with Crippen LogP contribution in [-0.4, -0.2) is 43.2 Å². The standard InChI is InChI=1S/C16H22N2O2/c17-16(19)15-11-18(13-6-8-20-9-7-13)10-14(15)12-4-2-1-3-5-12/h1-5,13-15H,6-11H2,(H2,17,19)/t14-,15+/m0/s1. The molecular weight excluding hydrogens is 252 g/mol. The van der Waals surface area contributed by atoms with E-state index in [9.17, 15) is 4.79 Å². The van der Waals surface area contributed by atoms with Crippen LogP contribution in [0.15, 0.2) is 30.3 Å². The highest BCUT2D eigenvalue weighted by Crippen LogP contribution is 2.35. The van der Waals surface area contributed by atoms with E-state index in [1.165, 1.54) is 5.56 Å². The van der Waals surface area contributed by atoms with Crippen LogP contribution in [0.3, 0.4) is 0 Å². The molecule has 2 aliphatic heterocycles. The fraction of sp³-hybridized carbons (Fsp3) is 0.562. The lowest BCUT2D eigenvalue weighted by Crippen LogP contribution is -2.38. The summed E-state index contributed by atoms with van der Waals surface area (Å²) in [6.45, 7) is 3.39. The van der Waals surface area contributed by atoms with Crippen LogP contribution in [0.25, 0.3) is 0 Å². The maximum Gasteiger partial charge on any atom is 0.222 e. The third-order valence-corrected chi connectivity index (χ3v) is 4.65.